The number of carbonyl (C=O) groups is 1. The molecule has 0 aliphatic carbocycles. The average molecular weight is 260 g/mol. The number of anilines is 2. The van der Waals surface area contributed by atoms with Crippen molar-refractivity contribution in [2.75, 3.05) is 36.5 Å². The van der Waals surface area contributed by atoms with Gasteiger partial charge in [-0.2, -0.15) is 0 Å². The van der Waals surface area contributed by atoms with Gasteiger partial charge in [0, 0.05) is 26.7 Å². The molecule has 1 aromatic rings. The summed E-state index contributed by atoms with van der Waals surface area (Å²) >= 11 is 0. The second kappa shape index (κ2) is 5.21. The fourth-order valence-electron chi connectivity index (χ4n) is 2.90. The third-order valence-corrected chi connectivity index (χ3v) is 3.93. The van der Waals surface area contributed by atoms with Crippen LogP contribution >= 0.6 is 0 Å². The number of amides is 1. The number of ether oxygens (including phenoxy) is 1. The Hall–Kier alpha value is -1.55. The lowest BCUT2D eigenvalue weighted by Crippen LogP contribution is -2.39. The van der Waals surface area contributed by atoms with Crippen LogP contribution in [0.4, 0.5) is 11.4 Å². The molecule has 102 valence electrons. The Bertz CT molecular complexity index is 469. The van der Waals surface area contributed by atoms with Gasteiger partial charge in [-0.3, -0.25) is 4.79 Å². The van der Waals surface area contributed by atoms with Gasteiger partial charge in [-0.15, -0.1) is 0 Å². The molecule has 1 atom stereocenters. The first-order valence-electron chi connectivity index (χ1n) is 7.00. The van der Waals surface area contributed by atoms with Crippen LogP contribution in [0.25, 0.3) is 0 Å². The molecule has 4 nitrogen and oxygen atoms in total. The van der Waals surface area contributed by atoms with E-state index in [0.717, 1.165) is 43.7 Å². The third-order valence-electron chi connectivity index (χ3n) is 3.93. The monoisotopic (exact) mass is 260 g/mol. The lowest BCUT2D eigenvalue weighted by molar-refractivity contribution is -0.127. The van der Waals surface area contributed by atoms with Crippen LogP contribution in [0.1, 0.15) is 19.3 Å². The van der Waals surface area contributed by atoms with Crippen LogP contribution < -0.4 is 9.80 Å². The molecule has 2 aliphatic heterocycles. The molecule has 0 spiro atoms. The summed E-state index contributed by atoms with van der Waals surface area (Å²) in [5.74, 6) is 0.125. The summed E-state index contributed by atoms with van der Waals surface area (Å²) in [5.41, 5.74) is 2.15. The Kier molecular flexibility index (Phi) is 3.42. The van der Waals surface area contributed by atoms with E-state index in [0.29, 0.717) is 6.61 Å². The van der Waals surface area contributed by atoms with Gasteiger partial charge >= 0.3 is 0 Å². The molecular formula is C15H20N2O2. The van der Waals surface area contributed by atoms with Crippen molar-refractivity contribution in [2.45, 2.75) is 25.4 Å². The molecule has 2 aliphatic rings. The van der Waals surface area contributed by atoms with Gasteiger partial charge in [0.15, 0.2) is 0 Å². The van der Waals surface area contributed by atoms with Gasteiger partial charge in [0.05, 0.1) is 11.4 Å². The molecule has 1 fully saturated rings. The number of hydrogen-bond donors (Lipinski definition) is 0. The lowest BCUT2D eigenvalue weighted by Gasteiger charge is -2.26. The summed E-state index contributed by atoms with van der Waals surface area (Å²) in [4.78, 5) is 16.7. The summed E-state index contributed by atoms with van der Waals surface area (Å²) in [6, 6.07) is 8.13. The van der Waals surface area contributed by atoms with E-state index in [9.17, 15) is 4.79 Å². The van der Waals surface area contributed by atoms with Crippen molar-refractivity contribution in [2.24, 2.45) is 0 Å². The highest BCUT2D eigenvalue weighted by Gasteiger charge is 2.31. The summed E-state index contributed by atoms with van der Waals surface area (Å²) < 4.78 is 5.55. The highest BCUT2D eigenvalue weighted by atomic mass is 16.5. The minimum Gasteiger partial charge on any atom is -0.373 e. The van der Waals surface area contributed by atoms with E-state index in [1.54, 1.807) is 0 Å². The minimum absolute atomic E-state index is 0.125. The van der Waals surface area contributed by atoms with Crippen LogP contribution in [0.5, 0.6) is 0 Å². The van der Waals surface area contributed by atoms with Crippen molar-refractivity contribution < 1.29 is 9.53 Å². The third kappa shape index (κ3) is 2.32. The number of benzene rings is 1. The van der Waals surface area contributed by atoms with Gasteiger partial charge < -0.3 is 14.5 Å². The molecule has 1 amide bonds. The van der Waals surface area contributed by atoms with Gasteiger partial charge in [-0.05, 0) is 31.4 Å². The van der Waals surface area contributed by atoms with Crippen molar-refractivity contribution >= 4 is 17.3 Å². The zero-order chi connectivity index (χ0) is 13.2. The molecule has 1 saturated heterocycles. The van der Waals surface area contributed by atoms with E-state index in [1.165, 1.54) is 0 Å². The summed E-state index contributed by atoms with van der Waals surface area (Å²) in [7, 11) is 2.08. The smallest absolute Gasteiger partial charge is 0.256 e. The molecular weight excluding hydrogens is 240 g/mol. The minimum atomic E-state index is -0.239. The van der Waals surface area contributed by atoms with E-state index < -0.39 is 0 Å². The number of para-hydroxylation sites is 2. The predicted molar refractivity (Wildman–Crippen MR) is 75.7 cm³/mol. The summed E-state index contributed by atoms with van der Waals surface area (Å²) in [5, 5.41) is 0. The molecule has 4 heteroatoms. The van der Waals surface area contributed by atoms with Crippen molar-refractivity contribution in [3.8, 4) is 0 Å². The first kappa shape index (κ1) is 12.5. The SMILES string of the molecule is CN1CCCN(C(=O)C2CCCO2)c2ccccc21. The van der Waals surface area contributed by atoms with Gasteiger partial charge in [0.1, 0.15) is 6.10 Å². The maximum Gasteiger partial charge on any atom is 0.256 e. The van der Waals surface area contributed by atoms with E-state index in [4.69, 9.17) is 4.74 Å². The quantitative estimate of drug-likeness (QED) is 0.774. The fraction of sp³-hybridized carbons (Fsp3) is 0.533. The second-order valence-electron chi connectivity index (χ2n) is 5.26. The van der Waals surface area contributed by atoms with E-state index in [2.05, 4.69) is 18.0 Å². The molecule has 0 radical (unpaired) electrons. The number of carbonyl (C=O) groups excluding carboxylic acids is 1. The van der Waals surface area contributed by atoms with Crippen LogP contribution in [-0.4, -0.2) is 38.8 Å². The highest BCUT2D eigenvalue weighted by molar-refractivity contribution is 5.99. The molecule has 0 N–H and O–H groups in total. The average Bonchev–Trinajstić information content (AvgIpc) is 2.91. The molecule has 0 aromatic heterocycles. The molecule has 0 saturated carbocycles. The zero-order valence-corrected chi connectivity index (χ0v) is 11.3. The Morgan fingerprint density at radius 1 is 1.21 bits per heavy atom. The molecule has 19 heavy (non-hydrogen) atoms. The number of nitrogens with zero attached hydrogens (tertiary/aromatic N) is 2. The van der Waals surface area contributed by atoms with Crippen LogP contribution in [0.3, 0.4) is 0 Å². The van der Waals surface area contributed by atoms with Crippen molar-refractivity contribution in [1.82, 2.24) is 0 Å². The van der Waals surface area contributed by atoms with Gasteiger partial charge in [0.25, 0.3) is 5.91 Å². The highest BCUT2D eigenvalue weighted by Crippen LogP contribution is 2.32. The molecule has 3 rings (SSSR count). The summed E-state index contributed by atoms with van der Waals surface area (Å²) in [6.45, 7) is 2.47. The first-order chi connectivity index (χ1) is 9.27. The van der Waals surface area contributed by atoms with E-state index in [-0.39, 0.29) is 12.0 Å². The Balaban J connectivity index is 1.92. The lowest BCUT2D eigenvalue weighted by atomic mass is 10.2. The van der Waals surface area contributed by atoms with Crippen LogP contribution in [0.2, 0.25) is 0 Å². The number of rotatable bonds is 1. The maximum absolute atomic E-state index is 12.6. The number of fused-ring (bicyclic) bond motifs is 1. The fourth-order valence-corrected chi connectivity index (χ4v) is 2.90. The maximum atomic E-state index is 12.6. The second-order valence-corrected chi connectivity index (χ2v) is 5.26. The summed E-state index contributed by atoms with van der Waals surface area (Å²) in [6.07, 6.45) is 2.60. The normalized spacial score (nSPS) is 23.1. The molecule has 2 heterocycles. The topological polar surface area (TPSA) is 32.8 Å². The Morgan fingerprint density at radius 2 is 2.00 bits per heavy atom. The van der Waals surface area contributed by atoms with Gasteiger partial charge in [-0.1, -0.05) is 12.1 Å². The standard InChI is InChI=1S/C15H20N2O2/c1-16-9-5-10-17(13-7-3-2-6-12(13)16)15(18)14-8-4-11-19-14/h2-3,6-7,14H,4-5,8-11H2,1H3. The van der Waals surface area contributed by atoms with Gasteiger partial charge in [-0.25, -0.2) is 0 Å². The molecule has 1 aromatic carbocycles. The van der Waals surface area contributed by atoms with E-state index in [1.807, 2.05) is 23.1 Å². The Morgan fingerprint density at radius 3 is 2.74 bits per heavy atom. The van der Waals surface area contributed by atoms with Crippen LogP contribution in [-0.2, 0) is 9.53 Å². The van der Waals surface area contributed by atoms with Crippen molar-refractivity contribution in [3.05, 3.63) is 24.3 Å². The van der Waals surface area contributed by atoms with Crippen LogP contribution in [0.15, 0.2) is 24.3 Å². The number of hydrogen-bond acceptors (Lipinski definition) is 3. The predicted octanol–water partition coefficient (Wildman–Crippen LogP) is 2.04. The molecule has 1 unspecified atom stereocenters. The Labute approximate surface area is 113 Å². The van der Waals surface area contributed by atoms with Crippen molar-refractivity contribution in [1.29, 1.82) is 0 Å². The molecule has 0 bridgehead atoms. The van der Waals surface area contributed by atoms with Crippen LogP contribution in [0, 0.1) is 0 Å². The van der Waals surface area contributed by atoms with Crippen molar-refractivity contribution in [3.63, 3.8) is 0 Å². The zero-order valence-electron chi connectivity index (χ0n) is 11.3. The first-order valence-corrected chi connectivity index (χ1v) is 7.00. The van der Waals surface area contributed by atoms with Gasteiger partial charge in [0.2, 0.25) is 0 Å². The largest absolute Gasteiger partial charge is 0.373 e. The van der Waals surface area contributed by atoms with E-state index >= 15 is 0 Å².